The summed E-state index contributed by atoms with van der Waals surface area (Å²) in [6.45, 7) is 5.36. The van der Waals surface area contributed by atoms with Gasteiger partial charge in [0.05, 0.1) is 16.3 Å². The zero-order chi connectivity index (χ0) is 29.9. The molecular formula is C22H18ClN9Na2O7S2. The van der Waals surface area contributed by atoms with E-state index in [0.29, 0.717) is 6.54 Å². The molecule has 0 amide bonds. The number of halogens is 1. The number of azo groups is 1. The Kier molecular flexibility index (Phi) is 12.8. The zero-order valence-electron chi connectivity index (χ0n) is 22.8. The van der Waals surface area contributed by atoms with Crippen molar-refractivity contribution in [1.29, 1.82) is 0 Å². The van der Waals surface area contributed by atoms with Crippen molar-refractivity contribution < 1.29 is 90.2 Å². The second-order valence-electron chi connectivity index (χ2n) is 8.00. The summed E-state index contributed by atoms with van der Waals surface area (Å²) in [6, 6.07) is 7.99. The van der Waals surface area contributed by atoms with Crippen molar-refractivity contribution >= 4 is 60.8 Å². The Hall–Kier alpha value is -2.49. The van der Waals surface area contributed by atoms with Gasteiger partial charge in [-0.25, -0.2) is 13.1 Å². The Morgan fingerprint density at radius 1 is 1.05 bits per heavy atom. The minimum absolute atomic E-state index is 0. The molecule has 3 N–H and O–H groups in total. The van der Waals surface area contributed by atoms with Gasteiger partial charge in [0.25, 0.3) is 10.1 Å². The first-order valence-corrected chi connectivity index (χ1v) is 14.4. The monoisotopic (exact) mass is 665 g/mol. The number of anilines is 3. The molecule has 0 saturated carbocycles. The summed E-state index contributed by atoms with van der Waals surface area (Å²) in [4.78, 5) is 10.9. The Morgan fingerprint density at radius 3 is 2.30 bits per heavy atom. The van der Waals surface area contributed by atoms with Crippen LogP contribution in [0.2, 0.25) is 5.28 Å². The van der Waals surface area contributed by atoms with E-state index < -0.39 is 35.9 Å². The van der Waals surface area contributed by atoms with E-state index in [9.17, 15) is 31.0 Å². The van der Waals surface area contributed by atoms with Crippen LogP contribution in [0.4, 0.5) is 29.0 Å². The molecule has 4 rings (SSSR count). The maximum atomic E-state index is 13.0. The summed E-state index contributed by atoms with van der Waals surface area (Å²) in [5.41, 5.74) is -0.172. The number of hydrogen-bond donors (Lipinski definition) is 3. The van der Waals surface area contributed by atoms with Gasteiger partial charge in [-0.3, -0.25) is 4.55 Å². The largest absolute Gasteiger partial charge is 1.00 e. The van der Waals surface area contributed by atoms with Crippen molar-refractivity contribution in [2.75, 3.05) is 17.2 Å². The Morgan fingerprint density at radius 2 is 1.70 bits per heavy atom. The van der Waals surface area contributed by atoms with E-state index in [4.69, 9.17) is 11.6 Å². The Labute approximate surface area is 294 Å². The fourth-order valence-electron chi connectivity index (χ4n) is 3.31. The van der Waals surface area contributed by atoms with E-state index >= 15 is 0 Å². The summed E-state index contributed by atoms with van der Waals surface area (Å²) >= 11 is 5.94. The van der Waals surface area contributed by atoms with E-state index in [0.717, 1.165) is 22.9 Å². The van der Waals surface area contributed by atoms with E-state index in [1.807, 2.05) is 0 Å². The molecule has 0 aliphatic heterocycles. The molecule has 43 heavy (non-hydrogen) atoms. The number of hydrogen-bond acceptors (Lipinski definition) is 14. The maximum absolute atomic E-state index is 13.0. The smallest absolute Gasteiger partial charge is 0.857 e. The Bertz CT molecular complexity index is 1890. The Balaban J connectivity index is 0.00000323. The van der Waals surface area contributed by atoms with Crippen molar-refractivity contribution in [3.8, 4) is 11.6 Å². The van der Waals surface area contributed by atoms with Crippen molar-refractivity contribution in [3.63, 3.8) is 0 Å². The van der Waals surface area contributed by atoms with E-state index in [1.165, 1.54) is 31.2 Å². The summed E-state index contributed by atoms with van der Waals surface area (Å²) < 4.78 is 68.0. The molecule has 21 heteroatoms. The normalized spacial score (nSPS) is 11.4. The topological polar surface area (TPSA) is 240 Å². The van der Waals surface area contributed by atoms with Crippen LogP contribution in [0.5, 0.6) is 5.88 Å². The summed E-state index contributed by atoms with van der Waals surface area (Å²) in [5, 5.41) is 30.3. The minimum Gasteiger partial charge on any atom is -0.857 e. The first-order valence-electron chi connectivity index (χ1n) is 11.2. The maximum Gasteiger partial charge on any atom is 1.00 e. The van der Waals surface area contributed by atoms with Crippen molar-refractivity contribution in [2.45, 2.75) is 16.7 Å². The molecule has 0 radical (unpaired) electrons. The van der Waals surface area contributed by atoms with Crippen LogP contribution in [0.25, 0.3) is 5.69 Å². The molecule has 214 valence electrons. The third-order valence-electron chi connectivity index (χ3n) is 5.12. The van der Waals surface area contributed by atoms with Gasteiger partial charge in [-0.05, 0) is 61.0 Å². The van der Waals surface area contributed by atoms with Gasteiger partial charge in [0.2, 0.25) is 17.2 Å². The molecular weight excluding hydrogens is 648 g/mol. The molecule has 0 saturated heterocycles. The van der Waals surface area contributed by atoms with Gasteiger partial charge < -0.3 is 20.3 Å². The first kappa shape index (κ1) is 36.7. The van der Waals surface area contributed by atoms with Crippen LogP contribution >= 0.6 is 11.6 Å². The van der Waals surface area contributed by atoms with Crippen LogP contribution in [0.1, 0.15) is 5.69 Å². The predicted octanol–water partition coefficient (Wildman–Crippen LogP) is -2.99. The van der Waals surface area contributed by atoms with Crippen molar-refractivity contribution in [3.05, 3.63) is 66.1 Å². The summed E-state index contributed by atoms with van der Waals surface area (Å²) in [7, 11) is -9.45. The predicted molar refractivity (Wildman–Crippen MR) is 143 cm³/mol. The standard InChI is InChI=1S/C22H20ClN9O7S2.2Na/c1-3-10-24-21-26-20(23)27-22(28-21)25-13-4-9-17(41(37,38)39)16(11-13)29-30-18-12(2)31-32(19(18)33)14-5-7-15(8-6-14)40(34,35)36;;/h3-9,11,33H,1,10H2,2H3,(H,34,35,36)(H,37,38,39)(H2,24,25,26,27,28);;/q;2*+1/p-2. The first-order chi connectivity index (χ1) is 19.3. The zero-order valence-corrected chi connectivity index (χ0v) is 29.1. The van der Waals surface area contributed by atoms with Crippen LogP contribution < -0.4 is 74.9 Å². The van der Waals surface area contributed by atoms with Gasteiger partial charge in [-0.2, -0.15) is 28.5 Å². The van der Waals surface area contributed by atoms with Gasteiger partial charge in [-0.15, -0.1) is 16.8 Å². The third-order valence-corrected chi connectivity index (χ3v) is 7.04. The molecule has 4 aromatic rings. The fraction of sp³-hybridized carbons (Fsp3) is 0.0909. The van der Waals surface area contributed by atoms with E-state index in [-0.39, 0.29) is 105 Å². The third kappa shape index (κ3) is 9.25. The average Bonchev–Trinajstić information content (AvgIpc) is 3.17. The second kappa shape index (κ2) is 15.0. The van der Waals surface area contributed by atoms with Crippen LogP contribution in [0, 0.1) is 6.92 Å². The van der Waals surface area contributed by atoms with Gasteiger partial charge in [0, 0.05) is 18.1 Å². The molecule has 2 aromatic carbocycles. The molecule has 0 spiro atoms. The van der Waals surface area contributed by atoms with Gasteiger partial charge in [0.15, 0.2) is 0 Å². The van der Waals surface area contributed by atoms with Crippen molar-refractivity contribution in [2.24, 2.45) is 10.2 Å². The van der Waals surface area contributed by atoms with E-state index in [1.54, 1.807) is 6.08 Å². The number of nitrogens with one attached hydrogen (secondary N) is 2. The molecule has 0 aliphatic rings. The number of benzene rings is 2. The summed E-state index contributed by atoms with van der Waals surface area (Å²) in [6.07, 6.45) is 1.58. The molecule has 0 atom stereocenters. The van der Waals surface area contributed by atoms with E-state index in [2.05, 4.69) is 47.5 Å². The molecule has 0 aliphatic carbocycles. The molecule has 0 fully saturated rings. The SMILES string of the molecule is C=CCNc1nc(Cl)nc(Nc2ccc(S(=O)(=O)O)c(N=Nc3c(C)nn(-c4ccc(S(=O)(=O)[O-])cc4)c3[O-])c2)n1.[Na+].[Na+]. The average molecular weight is 666 g/mol. The van der Waals surface area contributed by atoms with Crippen LogP contribution in [-0.2, 0) is 20.2 Å². The fourth-order valence-corrected chi connectivity index (χ4v) is 4.55. The number of aryl methyl sites for hydroxylation is 1. The van der Waals surface area contributed by atoms with Gasteiger partial charge in [0.1, 0.15) is 26.4 Å². The molecule has 16 nitrogen and oxygen atoms in total. The molecule has 2 aromatic heterocycles. The number of aromatic nitrogens is 5. The van der Waals surface area contributed by atoms with Crippen LogP contribution in [-0.4, -0.2) is 57.2 Å². The second-order valence-corrected chi connectivity index (χ2v) is 11.1. The van der Waals surface area contributed by atoms with Crippen molar-refractivity contribution in [1.82, 2.24) is 24.7 Å². The number of nitrogens with zero attached hydrogens (tertiary/aromatic N) is 7. The minimum atomic E-state index is -4.76. The quantitative estimate of drug-likeness (QED) is 0.0663. The van der Waals surface area contributed by atoms with Crippen LogP contribution in [0.15, 0.2) is 75.1 Å². The molecule has 0 unspecified atom stereocenters. The van der Waals surface area contributed by atoms with Gasteiger partial charge >= 0.3 is 59.1 Å². The van der Waals surface area contributed by atoms with Gasteiger partial charge in [-0.1, -0.05) is 6.08 Å². The molecule has 2 heterocycles. The van der Waals surface area contributed by atoms with Crippen LogP contribution in [0.3, 0.4) is 0 Å². The summed E-state index contributed by atoms with van der Waals surface area (Å²) in [5.74, 6) is -0.638. The number of rotatable bonds is 10. The molecule has 0 bridgehead atoms.